The topological polar surface area (TPSA) is 55.6 Å². The van der Waals surface area contributed by atoms with Crippen LogP contribution in [0.3, 0.4) is 0 Å². The van der Waals surface area contributed by atoms with Crippen LogP contribution < -0.4 is 5.73 Å². The lowest BCUT2D eigenvalue weighted by Gasteiger charge is -2.32. The Kier molecular flexibility index (Phi) is 8.59. The maximum atomic E-state index is 12.8. The summed E-state index contributed by atoms with van der Waals surface area (Å²) in [6.45, 7) is 5.40. The molecular formula is C18H29ClN2O2. The van der Waals surface area contributed by atoms with Crippen molar-refractivity contribution in [1.82, 2.24) is 4.90 Å². The van der Waals surface area contributed by atoms with Crippen molar-refractivity contribution < 1.29 is 9.53 Å². The second-order valence-corrected chi connectivity index (χ2v) is 5.94. The summed E-state index contributed by atoms with van der Waals surface area (Å²) >= 11 is 0. The number of amides is 1. The molecule has 0 saturated carbocycles. The molecule has 23 heavy (non-hydrogen) atoms. The Hall–Kier alpha value is -1.10. The zero-order valence-electron chi connectivity index (χ0n) is 14.1. The van der Waals surface area contributed by atoms with Crippen LogP contribution >= 0.6 is 12.4 Å². The molecule has 0 spiro atoms. The number of carbonyl (C=O) groups is 1. The van der Waals surface area contributed by atoms with Gasteiger partial charge in [-0.2, -0.15) is 0 Å². The predicted octanol–water partition coefficient (Wildman–Crippen LogP) is 2.78. The van der Waals surface area contributed by atoms with Crippen molar-refractivity contribution in [2.24, 2.45) is 5.73 Å². The van der Waals surface area contributed by atoms with Gasteiger partial charge in [0.1, 0.15) is 6.10 Å². The van der Waals surface area contributed by atoms with Crippen LogP contribution in [0.5, 0.6) is 0 Å². The Morgan fingerprint density at radius 1 is 1.30 bits per heavy atom. The van der Waals surface area contributed by atoms with E-state index in [-0.39, 0.29) is 36.6 Å². The fourth-order valence-electron chi connectivity index (χ4n) is 3.20. The average molecular weight is 341 g/mol. The van der Waals surface area contributed by atoms with E-state index in [1.54, 1.807) is 0 Å². The normalized spacial score (nSPS) is 21.5. The Labute approximate surface area is 145 Å². The van der Waals surface area contributed by atoms with E-state index in [1.807, 2.05) is 30.0 Å². The van der Waals surface area contributed by atoms with Crippen molar-refractivity contribution >= 4 is 18.3 Å². The first-order valence-corrected chi connectivity index (χ1v) is 8.39. The molecule has 1 unspecified atom stereocenters. The van der Waals surface area contributed by atoms with Crippen LogP contribution in [0, 0.1) is 0 Å². The van der Waals surface area contributed by atoms with Gasteiger partial charge in [0.05, 0.1) is 6.10 Å². The number of carbonyl (C=O) groups excluding carboxylic acids is 1. The summed E-state index contributed by atoms with van der Waals surface area (Å²) in [7, 11) is 0. The Morgan fingerprint density at radius 2 is 2.00 bits per heavy atom. The number of nitrogens with two attached hydrogens (primary N) is 1. The SMILES string of the molecule is CCC(Cc1ccccc1)N(CC)C(=O)[C@@H]1CC[C@H](CN)O1.Cl. The molecule has 0 aromatic heterocycles. The van der Waals surface area contributed by atoms with Gasteiger partial charge in [0, 0.05) is 19.1 Å². The number of rotatable bonds is 7. The molecule has 4 nitrogen and oxygen atoms in total. The van der Waals surface area contributed by atoms with Gasteiger partial charge < -0.3 is 15.4 Å². The lowest BCUT2D eigenvalue weighted by atomic mass is 10.0. The molecule has 1 aliphatic heterocycles. The molecule has 1 aliphatic rings. The molecule has 1 amide bonds. The second-order valence-electron chi connectivity index (χ2n) is 5.94. The van der Waals surface area contributed by atoms with Crippen LogP contribution in [0.15, 0.2) is 30.3 Å². The number of likely N-dealkylation sites (N-methyl/N-ethyl adjacent to an activating group) is 1. The number of hydrogen-bond acceptors (Lipinski definition) is 3. The first kappa shape index (κ1) is 19.9. The monoisotopic (exact) mass is 340 g/mol. The van der Waals surface area contributed by atoms with E-state index in [2.05, 4.69) is 19.1 Å². The van der Waals surface area contributed by atoms with E-state index in [0.717, 1.165) is 32.2 Å². The Balaban J connectivity index is 0.00000264. The van der Waals surface area contributed by atoms with Crippen LogP contribution in [0.2, 0.25) is 0 Å². The molecule has 5 heteroatoms. The van der Waals surface area contributed by atoms with Gasteiger partial charge in [-0.15, -0.1) is 12.4 Å². The smallest absolute Gasteiger partial charge is 0.251 e. The van der Waals surface area contributed by atoms with Gasteiger partial charge >= 0.3 is 0 Å². The van der Waals surface area contributed by atoms with Gasteiger partial charge in [-0.1, -0.05) is 37.3 Å². The van der Waals surface area contributed by atoms with Gasteiger partial charge in [-0.3, -0.25) is 4.79 Å². The maximum absolute atomic E-state index is 12.8. The Bertz CT molecular complexity index is 469. The highest BCUT2D eigenvalue weighted by atomic mass is 35.5. The molecule has 2 N–H and O–H groups in total. The third-order valence-electron chi connectivity index (χ3n) is 4.50. The number of ether oxygens (including phenoxy) is 1. The van der Waals surface area contributed by atoms with Crippen molar-refractivity contribution in [3.05, 3.63) is 35.9 Å². The van der Waals surface area contributed by atoms with E-state index < -0.39 is 0 Å². The molecule has 1 fully saturated rings. The summed E-state index contributed by atoms with van der Waals surface area (Å²) < 4.78 is 5.78. The first-order chi connectivity index (χ1) is 10.7. The minimum Gasteiger partial charge on any atom is -0.364 e. The van der Waals surface area contributed by atoms with Crippen molar-refractivity contribution in [2.75, 3.05) is 13.1 Å². The molecule has 0 aliphatic carbocycles. The summed E-state index contributed by atoms with van der Waals surface area (Å²) in [6, 6.07) is 10.6. The fraction of sp³-hybridized carbons (Fsp3) is 0.611. The van der Waals surface area contributed by atoms with Gasteiger partial charge in [-0.05, 0) is 38.2 Å². The molecule has 0 bridgehead atoms. The molecule has 3 atom stereocenters. The van der Waals surface area contributed by atoms with E-state index in [9.17, 15) is 4.79 Å². The summed E-state index contributed by atoms with van der Waals surface area (Å²) in [5, 5.41) is 0. The highest BCUT2D eigenvalue weighted by Gasteiger charge is 2.34. The summed E-state index contributed by atoms with van der Waals surface area (Å²) in [5.74, 6) is 0.126. The maximum Gasteiger partial charge on any atom is 0.251 e. The van der Waals surface area contributed by atoms with Crippen molar-refractivity contribution in [3.8, 4) is 0 Å². The quantitative estimate of drug-likeness (QED) is 0.830. The number of benzene rings is 1. The fourth-order valence-corrected chi connectivity index (χ4v) is 3.20. The highest BCUT2D eigenvalue weighted by molar-refractivity contribution is 5.85. The van der Waals surface area contributed by atoms with E-state index in [0.29, 0.717) is 6.54 Å². The third-order valence-corrected chi connectivity index (χ3v) is 4.50. The van der Waals surface area contributed by atoms with Gasteiger partial charge in [-0.25, -0.2) is 0 Å². The summed E-state index contributed by atoms with van der Waals surface area (Å²) in [5.41, 5.74) is 6.91. The van der Waals surface area contributed by atoms with Crippen molar-refractivity contribution in [1.29, 1.82) is 0 Å². The molecule has 1 aromatic rings. The minimum absolute atomic E-state index is 0. The van der Waals surface area contributed by atoms with Gasteiger partial charge in [0.15, 0.2) is 0 Å². The largest absolute Gasteiger partial charge is 0.364 e. The van der Waals surface area contributed by atoms with Crippen molar-refractivity contribution in [3.63, 3.8) is 0 Å². The molecule has 130 valence electrons. The van der Waals surface area contributed by atoms with Crippen LogP contribution in [0.4, 0.5) is 0 Å². The number of hydrogen-bond donors (Lipinski definition) is 1. The van der Waals surface area contributed by atoms with Crippen LogP contribution in [0.25, 0.3) is 0 Å². The van der Waals surface area contributed by atoms with E-state index in [4.69, 9.17) is 10.5 Å². The zero-order chi connectivity index (χ0) is 15.9. The Morgan fingerprint density at radius 3 is 2.52 bits per heavy atom. The summed E-state index contributed by atoms with van der Waals surface area (Å²) in [4.78, 5) is 14.8. The molecule has 0 radical (unpaired) electrons. The van der Waals surface area contributed by atoms with Gasteiger partial charge in [0.2, 0.25) is 0 Å². The second kappa shape index (κ2) is 9.91. The third kappa shape index (κ3) is 5.20. The standard InChI is InChI=1S/C18H28N2O2.ClH/c1-3-15(12-14-8-6-5-7-9-14)20(4-2)18(21)17-11-10-16(13-19)22-17;/h5-9,15-17H,3-4,10-13,19H2,1-2H3;1H/t15?,16-,17+;/m1./s1. The highest BCUT2D eigenvalue weighted by Crippen LogP contribution is 2.23. The molecule has 1 saturated heterocycles. The van der Waals surface area contributed by atoms with E-state index in [1.165, 1.54) is 5.56 Å². The number of nitrogens with zero attached hydrogens (tertiary/aromatic N) is 1. The minimum atomic E-state index is -0.307. The van der Waals surface area contributed by atoms with Gasteiger partial charge in [0.25, 0.3) is 5.91 Å². The van der Waals surface area contributed by atoms with Crippen molar-refractivity contribution in [2.45, 2.75) is 57.8 Å². The zero-order valence-corrected chi connectivity index (χ0v) is 14.9. The predicted molar refractivity (Wildman–Crippen MR) is 95.8 cm³/mol. The lowest BCUT2D eigenvalue weighted by molar-refractivity contribution is -0.145. The van der Waals surface area contributed by atoms with E-state index >= 15 is 0 Å². The molecular weight excluding hydrogens is 312 g/mol. The first-order valence-electron chi connectivity index (χ1n) is 8.39. The average Bonchev–Trinajstić information content (AvgIpc) is 3.04. The van der Waals surface area contributed by atoms with Crippen LogP contribution in [0.1, 0.15) is 38.7 Å². The molecule has 1 aromatic carbocycles. The van der Waals surface area contributed by atoms with Crippen LogP contribution in [-0.4, -0.2) is 42.1 Å². The summed E-state index contributed by atoms with van der Waals surface area (Å²) in [6.07, 6.45) is 3.25. The van der Waals surface area contributed by atoms with Crippen LogP contribution in [-0.2, 0) is 16.0 Å². The molecule has 2 rings (SSSR count). The lowest BCUT2D eigenvalue weighted by Crippen LogP contribution is -2.46. The molecule has 1 heterocycles. The number of halogens is 1.